The van der Waals surface area contributed by atoms with E-state index in [-0.39, 0.29) is 8.96 Å². The molecular weight excluding hydrogens is 90.1 g/mol. The van der Waals surface area contributed by atoms with Gasteiger partial charge in [0.05, 0.1) is 0 Å². The van der Waals surface area contributed by atoms with Gasteiger partial charge in [-0.2, -0.15) is 0 Å². The molecule has 0 heterocycles. The molecule has 0 bridgehead atoms. The molecule has 0 saturated carbocycles. The predicted octanol–water partition coefficient (Wildman–Crippen LogP) is 1.33. The first-order valence-electron chi connectivity index (χ1n) is 2.10. The summed E-state index contributed by atoms with van der Waals surface area (Å²) in [5, 5.41) is 0. The van der Waals surface area contributed by atoms with E-state index in [1.54, 1.807) is 0 Å². The molecule has 0 fully saturated rings. The first kappa shape index (κ1) is 5.89. The molecule has 0 aromatic rings. The molecule has 2 heteroatoms. The summed E-state index contributed by atoms with van der Waals surface area (Å²) in [6, 6.07) is 1.20. The third-order valence-corrected chi connectivity index (χ3v) is 2.34. The number of hydrogen-bond donors (Lipinski definition) is 0. The molecule has 35 valence electrons. The third-order valence-electron chi connectivity index (χ3n) is 0.782. The minimum atomic E-state index is -0.354. The van der Waals surface area contributed by atoms with Crippen molar-refractivity contribution in [2.75, 3.05) is 0 Å². The van der Waals surface area contributed by atoms with Crippen LogP contribution in [-0.2, 0) is 0 Å². The molecule has 0 saturated heterocycles. The highest BCUT2D eigenvalue weighted by Crippen LogP contribution is 1.86. The van der Waals surface area contributed by atoms with Crippen molar-refractivity contribution in [3.63, 3.8) is 0 Å². The maximum atomic E-state index is 3.86. The number of nitrogens with zero attached hydrogens (tertiary/aromatic N) is 1. The van der Waals surface area contributed by atoms with E-state index in [2.05, 4.69) is 24.8 Å². The maximum absolute atomic E-state index is 3.86. The molecule has 6 heavy (non-hydrogen) atoms. The quantitative estimate of drug-likeness (QED) is 0.366. The lowest BCUT2D eigenvalue weighted by Crippen LogP contribution is -1.96. The van der Waals surface area contributed by atoms with E-state index in [4.69, 9.17) is 0 Å². The van der Waals surface area contributed by atoms with E-state index in [0.717, 1.165) is 0 Å². The highest BCUT2D eigenvalue weighted by molar-refractivity contribution is 6.55. The zero-order valence-electron chi connectivity index (χ0n) is 4.36. The van der Waals surface area contributed by atoms with Crippen LogP contribution < -0.4 is 0 Å². The molecule has 0 amide bonds. The van der Waals surface area contributed by atoms with Crippen LogP contribution in [0.5, 0.6) is 0 Å². The topological polar surface area (TPSA) is 12.4 Å². The summed E-state index contributed by atoms with van der Waals surface area (Å²) in [6.45, 7) is 7.72. The summed E-state index contributed by atoms with van der Waals surface area (Å²) in [6.07, 6.45) is 0. The van der Waals surface area contributed by atoms with Crippen molar-refractivity contribution in [3.8, 4) is 0 Å². The summed E-state index contributed by atoms with van der Waals surface area (Å²) in [4.78, 5) is 0. The molecule has 0 N–H and O–H groups in total. The lowest BCUT2D eigenvalue weighted by atomic mass is 11.0. The van der Waals surface area contributed by atoms with Crippen LogP contribution in [0.4, 0.5) is 0 Å². The van der Waals surface area contributed by atoms with Crippen molar-refractivity contribution in [2.45, 2.75) is 19.5 Å². The predicted molar refractivity (Wildman–Crippen MR) is 31.6 cm³/mol. The number of rotatable bonds is 2. The average Bonchev–Trinajstić information content (AvgIpc) is 1.65. The monoisotopic (exact) mass is 100 g/mol. The van der Waals surface area contributed by atoms with Crippen LogP contribution in [0, 0.1) is 0 Å². The number of hydrogen-bond acceptors (Lipinski definition) is 1. The van der Waals surface area contributed by atoms with E-state index < -0.39 is 0 Å². The van der Waals surface area contributed by atoms with Crippen molar-refractivity contribution in [1.82, 2.24) is 0 Å². The summed E-state index contributed by atoms with van der Waals surface area (Å²) < 4.78 is 3.86. The van der Waals surface area contributed by atoms with Crippen molar-refractivity contribution >= 4 is 15.7 Å². The molecular formula is C4H10NSi. The van der Waals surface area contributed by atoms with E-state index >= 15 is 0 Å². The summed E-state index contributed by atoms with van der Waals surface area (Å²) in [7, 11) is -0.354. The van der Waals surface area contributed by atoms with Crippen molar-refractivity contribution < 1.29 is 0 Å². The van der Waals surface area contributed by atoms with Gasteiger partial charge in [-0.05, 0) is 12.8 Å². The summed E-state index contributed by atoms with van der Waals surface area (Å²) in [5.74, 6) is 0. The Labute approximate surface area is 40.8 Å². The van der Waals surface area contributed by atoms with E-state index in [1.165, 1.54) is 6.04 Å². The van der Waals surface area contributed by atoms with Gasteiger partial charge >= 0.3 is 0 Å². The third kappa shape index (κ3) is 2.14. The molecule has 0 unspecified atom stereocenters. The van der Waals surface area contributed by atoms with E-state index in [1.807, 2.05) is 0 Å². The van der Waals surface area contributed by atoms with Crippen LogP contribution in [0.25, 0.3) is 0 Å². The largest absolute Gasteiger partial charge is 0.337 e. The van der Waals surface area contributed by atoms with Gasteiger partial charge in [0.2, 0.25) is 0 Å². The lowest BCUT2D eigenvalue weighted by molar-refractivity contribution is 1.39. The second kappa shape index (κ2) is 3.09. The van der Waals surface area contributed by atoms with Crippen molar-refractivity contribution in [2.24, 2.45) is 4.66 Å². The van der Waals surface area contributed by atoms with Gasteiger partial charge in [0.1, 0.15) is 0 Å². The normalized spacial score (nSPS) is 9.17. The van der Waals surface area contributed by atoms with Gasteiger partial charge in [-0.15, -0.1) is 0 Å². The van der Waals surface area contributed by atoms with Gasteiger partial charge in [-0.25, -0.2) is 0 Å². The maximum Gasteiger partial charge on any atom is 0.192 e. The van der Waals surface area contributed by atoms with Gasteiger partial charge in [-0.1, -0.05) is 13.5 Å². The molecule has 0 aliphatic rings. The fraction of sp³-hybridized carbons (Fsp3) is 0.750. The molecule has 0 spiro atoms. The molecule has 1 nitrogen and oxygen atoms in total. The van der Waals surface area contributed by atoms with Crippen LogP contribution in [0.15, 0.2) is 4.66 Å². The summed E-state index contributed by atoms with van der Waals surface area (Å²) in [5.41, 5.74) is 0. The fourth-order valence-electron chi connectivity index (χ4n) is 0.112. The zero-order valence-corrected chi connectivity index (χ0v) is 5.36. The Hall–Kier alpha value is -0.113. The molecule has 0 aromatic heterocycles. The molecule has 1 radical (unpaired) electrons. The average molecular weight is 100 g/mol. The molecule has 0 aliphatic carbocycles. The van der Waals surface area contributed by atoms with Crippen LogP contribution in [-0.4, -0.2) is 15.7 Å². The minimum Gasteiger partial charge on any atom is -0.337 e. The Morgan fingerprint density at radius 3 is 2.33 bits per heavy atom. The molecule has 0 aliphatic heterocycles. The molecule has 0 atom stereocenters. The first-order valence-corrected chi connectivity index (χ1v) is 4.25. The van der Waals surface area contributed by atoms with Gasteiger partial charge < -0.3 is 4.66 Å². The summed E-state index contributed by atoms with van der Waals surface area (Å²) >= 11 is 0. The lowest BCUT2D eigenvalue weighted by Gasteiger charge is -1.89. The Kier molecular flexibility index (Phi) is 3.03. The highest BCUT2D eigenvalue weighted by atomic mass is 28.3. The zero-order chi connectivity index (χ0) is 4.99. The van der Waals surface area contributed by atoms with Crippen molar-refractivity contribution in [3.05, 3.63) is 0 Å². The molecule has 0 rings (SSSR count). The van der Waals surface area contributed by atoms with E-state index in [0.29, 0.717) is 0 Å². The van der Waals surface area contributed by atoms with Gasteiger partial charge in [0.25, 0.3) is 0 Å². The Bertz CT molecular complexity index is 44.8. The fourth-order valence-corrected chi connectivity index (χ4v) is 0.335. The Morgan fingerprint density at radius 1 is 1.83 bits per heavy atom. The Balaban J connectivity index is 2.96. The smallest absolute Gasteiger partial charge is 0.192 e. The van der Waals surface area contributed by atoms with Crippen molar-refractivity contribution in [1.29, 1.82) is 0 Å². The highest BCUT2D eigenvalue weighted by Gasteiger charge is 1.91. The van der Waals surface area contributed by atoms with Gasteiger partial charge in [0, 0.05) is 0 Å². The molecule has 0 aromatic carbocycles. The van der Waals surface area contributed by atoms with Crippen LogP contribution in [0.2, 0.25) is 12.6 Å². The van der Waals surface area contributed by atoms with Crippen LogP contribution in [0.1, 0.15) is 6.92 Å². The van der Waals surface area contributed by atoms with Crippen LogP contribution >= 0.6 is 0 Å². The van der Waals surface area contributed by atoms with Gasteiger partial charge in [0.15, 0.2) is 8.96 Å². The van der Waals surface area contributed by atoms with Crippen LogP contribution in [0.3, 0.4) is 0 Å². The van der Waals surface area contributed by atoms with Gasteiger partial charge in [-0.3, -0.25) is 0 Å². The first-order chi connectivity index (χ1) is 2.81. The minimum absolute atomic E-state index is 0.354. The Morgan fingerprint density at radius 2 is 2.33 bits per heavy atom. The SMILES string of the molecule is C=N[Si](C)CC. The standard InChI is InChI=1S/C4H10NSi/c1-4-6(3)5-2/h2,4H2,1,3H3. The second-order valence-electron chi connectivity index (χ2n) is 1.25. The second-order valence-corrected chi connectivity index (χ2v) is 3.74. The van der Waals surface area contributed by atoms with E-state index in [9.17, 15) is 0 Å².